The zero-order valence-corrected chi connectivity index (χ0v) is 17.1. The maximum atomic E-state index is 13.4. The van der Waals surface area contributed by atoms with E-state index in [1.54, 1.807) is 46.6 Å². The van der Waals surface area contributed by atoms with E-state index in [9.17, 15) is 4.39 Å². The fourth-order valence-corrected chi connectivity index (χ4v) is 6.04. The van der Waals surface area contributed by atoms with Crippen LogP contribution in [0.1, 0.15) is 0 Å². The number of hydrogen-bond acceptors (Lipinski definition) is 7. The van der Waals surface area contributed by atoms with Crippen LogP contribution in [-0.2, 0) is 0 Å². The highest BCUT2D eigenvalue weighted by Crippen LogP contribution is 2.35. The summed E-state index contributed by atoms with van der Waals surface area (Å²) in [6.07, 6.45) is 2.09. The minimum Gasteiger partial charge on any atom is -0.345 e. The Morgan fingerprint density at radius 1 is 0.926 bits per heavy atom. The van der Waals surface area contributed by atoms with Crippen molar-refractivity contribution in [1.82, 2.24) is 9.97 Å². The number of thioether (sulfide) groups is 1. The third-order valence-corrected chi connectivity index (χ3v) is 7.68. The number of rotatable bonds is 3. The van der Waals surface area contributed by atoms with Crippen LogP contribution in [0.5, 0.6) is 0 Å². The van der Waals surface area contributed by atoms with E-state index in [1.165, 1.54) is 15.7 Å². The molecule has 1 saturated heterocycles. The number of thiazole rings is 2. The van der Waals surface area contributed by atoms with Crippen molar-refractivity contribution in [2.75, 3.05) is 42.2 Å². The van der Waals surface area contributed by atoms with E-state index in [-0.39, 0.29) is 5.82 Å². The number of para-hydroxylation sites is 1. The highest BCUT2D eigenvalue weighted by molar-refractivity contribution is 7.98. The van der Waals surface area contributed by atoms with Gasteiger partial charge in [0, 0.05) is 31.1 Å². The Kier molecular flexibility index (Phi) is 4.41. The second-order valence-electron chi connectivity index (χ2n) is 6.39. The molecule has 2 aromatic carbocycles. The highest BCUT2D eigenvalue weighted by atomic mass is 32.2. The molecule has 1 aliphatic heterocycles. The van der Waals surface area contributed by atoms with Gasteiger partial charge in [-0.2, -0.15) is 0 Å². The van der Waals surface area contributed by atoms with Crippen molar-refractivity contribution in [2.45, 2.75) is 4.90 Å². The first-order valence-electron chi connectivity index (χ1n) is 8.71. The molecule has 0 atom stereocenters. The average molecular weight is 417 g/mol. The third kappa shape index (κ3) is 3.15. The Morgan fingerprint density at radius 3 is 2.37 bits per heavy atom. The van der Waals surface area contributed by atoms with Gasteiger partial charge in [-0.1, -0.05) is 28.7 Å². The molecule has 0 aliphatic carbocycles. The van der Waals surface area contributed by atoms with Gasteiger partial charge in [-0.3, -0.25) is 0 Å². The lowest BCUT2D eigenvalue weighted by atomic mass is 10.3. The molecule has 0 bridgehead atoms. The Bertz CT molecular complexity index is 1110. The monoisotopic (exact) mass is 416 g/mol. The molecule has 138 valence electrons. The van der Waals surface area contributed by atoms with E-state index in [1.807, 2.05) is 0 Å². The van der Waals surface area contributed by atoms with Crippen molar-refractivity contribution in [2.24, 2.45) is 0 Å². The Balaban J connectivity index is 1.35. The molecule has 2 aromatic heterocycles. The molecule has 4 aromatic rings. The highest BCUT2D eigenvalue weighted by Gasteiger charge is 2.22. The number of piperazine rings is 1. The van der Waals surface area contributed by atoms with Crippen LogP contribution in [-0.4, -0.2) is 42.4 Å². The summed E-state index contributed by atoms with van der Waals surface area (Å²) >= 11 is 5.07. The van der Waals surface area contributed by atoms with Gasteiger partial charge >= 0.3 is 0 Å². The molecule has 4 nitrogen and oxygen atoms in total. The maximum Gasteiger partial charge on any atom is 0.186 e. The SMILES string of the molecule is CSc1cccc2sc(N3CCN(c4nc5ccc(F)cc5s4)CC3)nc12. The molecule has 8 heteroatoms. The molecule has 0 radical (unpaired) electrons. The van der Waals surface area contributed by atoms with Crippen molar-refractivity contribution in [3.8, 4) is 0 Å². The van der Waals surface area contributed by atoms with E-state index < -0.39 is 0 Å². The first kappa shape index (κ1) is 17.2. The van der Waals surface area contributed by atoms with Crippen molar-refractivity contribution in [1.29, 1.82) is 0 Å². The summed E-state index contributed by atoms with van der Waals surface area (Å²) in [6.45, 7) is 3.62. The summed E-state index contributed by atoms with van der Waals surface area (Å²) in [7, 11) is 0. The Morgan fingerprint density at radius 2 is 1.63 bits per heavy atom. The average Bonchev–Trinajstić information content (AvgIpc) is 3.31. The van der Waals surface area contributed by atoms with Crippen LogP contribution in [0.3, 0.4) is 0 Å². The second-order valence-corrected chi connectivity index (χ2v) is 9.25. The van der Waals surface area contributed by atoms with Gasteiger partial charge in [0.25, 0.3) is 0 Å². The molecule has 5 rings (SSSR count). The molecule has 0 saturated carbocycles. The number of halogens is 1. The van der Waals surface area contributed by atoms with Crippen LogP contribution in [0, 0.1) is 5.82 Å². The van der Waals surface area contributed by atoms with Crippen LogP contribution < -0.4 is 9.80 Å². The number of hydrogen-bond donors (Lipinski definition) is 0. The van der Waals surface area contributed by atoms with Crippen molar-refractivity contribution in [3.05, 3.63) is 42.2 Å². The summed E-state index contributed by atoms with van der Waals surface area (Å²) in [5, 5.41) is 2.07. The van der Waals surface area contributed by atoms with Gasteiger partial charge in [-0.15, -0.1) is 11.8 Å². The van der Waals surface area contributed by atoms with Crippen LogP contribution in [0.25, 0.3) is 20.4 Å². The van der Waals surface area contributed by atoms with E-state index in [0.717, 1.165) is 52.2 Å². The topological polar surface area (TPSA) is 32.3 Å². The van der Waals surface area contributed by atoms with Crippen molar-refractivity contribution >= 4 is 65.1 Å². The minimum absolute atomic E-state index is 0.206. The van der Waals surface area contributed by atoms with E-state index in [2.05, 4.69) is 39.2 Å². The summed E-state index contributed by atoms with van der Waals surface area (Å²) in [4.78, 5) is 15.5. The minimum atomic E-state index is -0.206. The molecule has 0 unspecified atom stereocenters. The summed E-state index contributed by atoms with van der Waals surface area (Å²) in [5.41, 5.74) is 1.98. The summed E-state index contributed by atoms with van der Waals surface area (Å²) in [5.74, 6) is -0.206. The van der Waals surface area contributed by atoms with Gasteiger partial charge in [0.2, 0.25) is 0 Å². The van der Waals surface area contributed by atoms with E-state index in [0.29, 0.717) is 0 Å². The van der Waals surface area contributed by atoms with E-state index >= 15 is 0 Å². The number of fused-ring (bicyclic) bond motifs is 2. The number of nitrogens with zero attached hydrogens (tertiary/aromatic N) is 4. The Labute approximate surface area is 168 Å². The van der Waals surface area contributed by atoms with Crippen LogP contribution in [0.2, 0.25) is 0 Å². The van der Waals surface area contributed by atoms with Crippen molar-refractivity contribution in [3.63, 3.8) is 0 Å². The zero-order valence-electron chi connectivity index (χ0n) is 14.7. The lowest BCUT2D eigenvalue weighted by Crippen LogP contribution is -2.46. The van der Waals surface area contributed by atoms with Gasteiger partial charge in [0.1, 0.15) is 5.82 Å². The zero-order chi connectivity index (χ0) is 18.4. The molecule has 3 heterocycles. The van der Waals surface area contributed by atoms with Crippen LogP contribution in [0.4, 0.5) is 14.7 Å². The quantitative estimate of drug-likeness (QED) is 0.434. The van der Waals surface area contributed by atoms with Gasteiger partial charge in [-0.25, -0.2) is 14.4 Å². The molecule has 1 aliphatic rings. The van der Waals surface area contributed by atoms with Gasteiger partial charge in [0.15, 0.2) is 10.3 Å². The predicted octanol–water partition coefficient (Wildman–Crippen LogP) is 5.09. The normalized spacial score (nSPS) is 15.2. The Hall–Kier alpha value is -1.90. The number of aromatic nitrogens is 2. The smallest absolute Gasteiger partial charge is 0.186 e. The molecular formula is C19H17FN4S3. The molecular weight excluding hydrogens is 399 g/mol. The van der Waals surface area contributed by atoms with Crippen LogP contribution in [0.15, 0.2) is 41.3 Å². The van der Waals surface area contributed by atoms with E-state index in [4.69, 9.17) is 4.98 Å². The molecule has 0 spiro atoms. The fourth-order valence-electron chi connectivity index (χ4n) is 3.32. The predicted molar refractivity (Wildman–Crippen MR) is 115 cm³/mol. The third-order valence-electron chi connectivity index (χ3n) is 4.75. The lowest BCUT2D eigenvalue weighted by molar-refractivity contribution is 0.630. The fraction of sp³-hybridized carbons (Fsp3) is 0.263. The molecule has 27 heavy (non-hydrogen) atoms. The van der Waals surface area contributed by atoms with Crippen molar-refractivity contribution < 1.29 is 4.39 Å². The second kappa shape index (κ2) is 6.92. The summed E-state index contributed by atoms with van der Waals surface area (Å²) < 4.78 is 15.6. The van der Waals surface area contributed by atoms with Gasteiger partial charge < -0.3 is 9.80 Å². The van der Waals surface area contributed by atoms with Gasteiger partial charge in [-0.05, 0) is 36.6 Å². The lowest BCUT2D eigenvalue weighted by Gasteiger charge is -2.34. The van der Waals surface area contributed by atoms with Gasteiger partial charge in [0.05, 0.1) is 20.4 Å². The first-order chi connectivity index (χ1) is 13.2. The van der Waals surface area contributed by atoms with Crippen LogP contribution >= 0.6 is 34.4 Å². The molecule has 0 N–H and O–H groups in total. The largest absolute Gasteiger partial charge is 0.345 e. The number of benzene rings is 2. The molecule has 0 amide bonds. The first-order valence-corrected chi connectivity index (χ1v) is 11.6. The standard InChI is InChI=1S/C19H17FN4S3/c1-25-14-3-2-4-15-17(14)22-19(26-15)24-9-7-23(8-10-24)18-21-13-6-5-12(20)11-16(13)27-18/h2-6,11H,7-10H2,1H3. The number of anilines is 2. The maximum absolute atomic E-state index is 13.4. The summed E-state index contributed by atoms with van der Waals surface area (Å²) in [6, 6.07) is 11.2. The molecule has 1 fully saturated rings.